The smallest absolute Gasteiger partial charge is 0.0975 e. The highest BCUT2D eigenvalue weighted by atomic mass is 35.6. The fourth-order valence-corrected chi connectivity index (χ4v) is 6.95. The topological polar surface area (TPSA) is 0 Å². The van der Waals surface area contributed by atoms with Crippen molar-refractivity contribution in [3.63, 3.8) is 0 Å². The van der Waals surface area contributed by atoms with Gasteiger partial charge < -0.3 is 0 Å². The van der Waals surface area contributed by atoms with Gasteiger partial charge in [-0.15, -0.1) is 0 Å². The molecule has 0 N–H and O–H groups in total. The Morgan fingerprint density at radius 1 is 0.409 bits per heavy atom. The second-order valence-electron chi connectivity index (χ2n) is 3.79. The molecule has 0 fully saturated rings. The van der Waals surface area contributed by atoms with Crippen LogP contribution in [0.2, 0.25) is 0 Å². The van der Waals surface area contributed by atoms with Gasteiger partial charge in [-0.1, -0.05) is 174 Å². The highest BCUT2D eigenvalue weighted by Crippen LogP contribution is 2.68. The van der Waals surface area contributed by atoms with Crippen molar-refractivity contribution in [1.29, 1.82) is 0 Å². The third-order valence-corrected chi connectivity index (χ3v) is 9.00. The highest BCUT2D eigenvalue weighted by Gasteiger charge is 2.74. The molecule has 0 bridgehead atoms. The maximum absolute atomic E-state index is 6.10. The second kappa shape index (κ2) is 8.00. The molecule has 0 unspecified atom stereocenters. The van der Waals surface area contributed by atoms with E-state index in [1.165, 1.54) is 0 Å². The molecule has 0 spiro atoms. The van der Waals surface area contributed by atoms with Gasteiger partial charge in [0.15, 0.2) is 20.6 Å². The van der Waals surface area contributed by atoms with Gasteiger partial charge >= 0.3 is 0 Å². The fourth-order valence-electron chi connectivity index (χ4n) is 1.17. The average molecular weight is 617 g/mol. The maximum atomic E-state index is 6.10. The summed E-state index contributed by atoms with van der Waals surface area (Å²) in [7, 11) is 0. The first-order valence-electron chi connectivity index (χ1n) is 4.45. The molecular formula is C7HCl15. The third kappa shape index (κ3) is 5.45. The first kappa shape index (κ1) is 26.4. The van der Waals surface area contributed by atoms with Crippen LogP contribution in [0.5, 0.6) is 0 Å². The Labute approximate surface area is 201 Å². The molecule has 0 aromatic rings. The Balaban J connectivity index is 6.30. The van der Waals surface area contributed by atoms with Crippen LogP contribution in [-0.2, 0) is 0 Å². The van der Waals surface area contributed by atoms with Crippen LogP contribution in [0.3, 0.4) is 0 Å². The van der Waals surface area contributed by atoms with Gasteiger partial charge in [-0.05, 0) is 0 Å². The zero-order chi connectivity index (χ0) is 18.6. The summed E-state index contributed by atoms with van der Waals surface area (Å²) in [5.41, 5.74) is 0. The minimum absolute atomic E-state index is 1.86. The lowest BCUT2D eigenvalue weighted by Crippen LogP contribution is -2.62. The molecule has 0 radical (unpaired) electrons. The second-order valence-corrected chi connectivity index (χ2v) is 14.8. The van der Waals surface area contributed by atoms with Gasteiger partial charge in [0.2, 0.25) is 3.79 Å². The van der Waals surface area contributed by atoms with Crippen LogP contribution in [0.4, 0.5) is 0 Å². The molecule has 0 amide bonds. The summed E-state index contributed by atoms with van der Waals surface area (Å²) < 4.78 is -15.1. The van der Waals surface area contributed by atoms with Gasteiger partial charge in [0.05, 0.1) is 5.92 Å². The van der Waals surface area contributed by atoms with Crippen molar-refractivity contribution in [3.8, 4) is 0 Å². The molecule has 0 aliphatic rings. The van der Waals surface area contributed by atoms with Crippen LogP contribution in [0.15, 0.2) is 0 Å². The van der Waals surface area contributed by atoms with Crippen molar-refractivity contribution >= 4 is 174 Å². The molecule has 0 aliphatic heterocycles. The van der Waals surface area contributed by atoms with E-state index in [1.54, 1.807) is 0 Å². The van der Waals surface area contributed by atoms with E-state index in [1.807, 2.05) is 0 Å². The molecule has 0 aromatic carbocycles. The van der Waals surface area contributed by atoms with E-state index in [2.05, 4.69) is 0 Å². The summed E-state index contributed by atoms with van der Waals surface area (Å²) in [6.07, 6.45) is 0. The highest BCUT2D eigenvalue weighted by molar-refractivity contribution is 6.81. The monoisotopic (exact) mass is 610 g/mol. The van der Waals surface area contributed by atoms with Crippen LogP contribution in [0.25, 0.3) is 0 Å². The molecule has 0 atom stereocenters. The predicted octanol–water partition coefficient (Wildman–Crippen LogP) is 9.23. The van der Waals surface area contributed by atoms with Crippen molar-refractivity contribution in [2.75, 3.05) is 0 Å². The standard InChI is InChI=1S/C7HCl15/c8-2(9,1(3(10,11)12)4(13,14)15)5(16,17)6(18,19)7(20,21)22/h1H. The Morgan fingerprint density at radius 3 is 0.864 bits per heavy atom. The molecule has 15 heteroatoms. The van der Waals surface area contributed by atoms with E-state index in [0.717, 1.165) is 0 Å². The molecule has 134 valence electrons. The van der Waals surface area contributed by atoms with Crippen LogP contribution in [0, 0.1) is 5.92 Å². The van der Waals surface area contributed by atoms with Gasteiger partial charge in [-0.2, -0.15) is 0 Å². The van der Waals surface area contributed by atoms with Crippen molar-refractivity contribution in [3.05, 3.63) is 0 Å². The van der Waals surface area contributed by atoms with Crippen LogP contribution in [0.1, 0.15) is 0 Å². The van der Waals surface area contributed by atoms with E-state index in [9.17, 15) is 0 Å². The first-order chi connectivity index (χ1) is 9.12. The lowest BCUT2D eigenvalue weighted by Gasteiger charge is -2.49. The minimum Gasteiger partial charge on any atom is -0.0975 e. The molecule has 0 aliphatic carbocycles. The molecule has 0 saturated carbocycles. The lowest BCUT2D eigenvalue weighted by atomic mass is 10.0. The van der Waals surface area contributed by atoms with Crippen LogP contribution in [-0.4, -0.2) is 24.4 Å². The number of alkyl halides is 15. The largest absolute Gasteiger partial charge is 0.226 e. The van der Waals surface area contributed by atoms with E-state index in [-0.39, 0.29) is 0 Å². The quantitative estimate of drug-likeness (QED) is 0.277. The van der Waals surface area contributed by atoms with E-state index >= 15 is 0 Å². The van der Waals surface area contributed by atoms with E-state index in [4.69, 9.17) is 174 Å². The molecule has 0 rings (SSSR count). The Morgan fingerprint density at radius 2 is 0.682 bits per heavy atom. The summed E-state index contributed by atoms with van der Waals surface area (Å²) in [6.45, 7) is 0. The number of hydrogen-bond acceptors (Lipinski definition) is 0. The molecule has 0 nitrogen and oxygen atoms in total. The summed E-state index contributed by atoms with van der Waals surface area (Å²) >= 11 is 87.5. The maximum Gasteiger partial charge on any atom is 0.226 e. The first-order valence-corrected chi connectivity index (χ1v) is 10.1. The van der Waals surface area contributed by atoms with E-state index < -0.39 is 30.3 Å². The number of rotatable bonds is 3. The normalized spacial score (nSPS) is 16.4. The van der Waals surface area contributed by atoms with Crippen molar-refractivity contribution in [1.82, 2.24) is 0 Å². The lowest BCUT2D eigenvalue weighted by molar-refractivity contribution is 0.417. The van der Waals surface area contributed by atoms with Crippen molar-refractivity contribution < 1.29 is 0 Å². The van der Waals surface area contributed by atoms with Gasteiger partial charge in [-0.3, -0.25) is 0 Å². The third-order valence-electron chi connectivity index (χ3n) is 2.19. The van der Waals surface area contributed by atoms with Gasteiger partial charge in [0, 0.05) is 0 Å². The van der Waals surface area contributed by atoms with Crippen molar-refractivity contribution in [2.45, 2.75) is 24.4 Å². The zero-order valence-electron chi connectivity index (χ0n) is 9.25. The SMILES string of the molecule is ClC(Cl)(Cl)C(C(Cl)(Cl)Cl)C(Cl)(Cl)C(Cl)(Cl)C(Cl)(Cl)C(Cl)(Cl)Cl. The minimum atomic E-state index is -2.68. The van der Waals surface area contributed by atoms with Gasteiger partial charge in [0.1, 0.15) is 0 Å². The van der Waals surface area contributed by atoms with Crippen molar-refractivity contribution in [2.24, 2.45) is 5.92 Å². The summed E-state index contributed by atoms with van der Waals surface area (Å²) in [6, 6.07) is 0. The number of halogens is 15. The fraction of sp³-hybridized carbons (Fsp3) is 1.00. The summed E-state index contributed by atoms with van der Waals surface area (Å²) in [4.78, 5) is 0. The Kier molecular flexibility index (Phi) is 9.58. The average Bonchev–Trinajstić information content (AvgIpc) is 2.08. The Hall–Kier alpha value is 4.35. The molecule has 0 heterocycles. The molecule has 0 aromatic heterocycles. The zero-order valence-corrected chi connectivity index (χ0v) is 20.6. The van der Waals surface area contributed by atoms with E-state index in [0.29, 0.717) is 0 Å². The molecule has 0 saturated heterocycles. The Bertz CT molecular complexity index is 378. The van der Waals surface area contributed by atoms with Gasteiger partial charge in [-0.25, -0.2) is 0 Å². The predicted molar refractivity (Wildman–Crippen MR) is 108 cm³/mol. The molecular weight excluding hydrogens is 616 g/mol. The summed E-state index contributed by atoms with van der Waals surface area (Å²) in [5.74, 6) is -1.86. The van der Waals surface area contributed by atoms with Crippen LogP contribution < -0.4 is 0 Å². The van der Waals surface area contributed by atoms with Crippen LogP contribution >= 0.6 is 174 Å². The number of hydrogen-bond donors (Lipinski definition) is 0. The molecule has 22 heavy (non-hydrogen) atoms. The van der Waals surface area contributed by atoms with Gasteiger partial charge in [0.25, 0.3) is 0 Å². The summed E-state index contributed by atoms with van der Waals surface area (Å²) in [5, 5.41) is 0.